The number of anilines is 2. The van der Waals surface area contributed by atoms with E-state index in [2.05, 4.69) is 19.9 Å². The Morgan fingerprint density at radius 1 is 1.13 bits per heavy atom. The topological polar surface area (TPSA) is 79.3 Å². The van der Waals surface area contributed by atoms with Gasteiger partial charge in [-0.25, -0.2) is 27.8 Å². The van der Waals surface area contributed by atoms with Gasteiger partial charge in [0.05, 0.1) is 10.7 Å². The molecular formula is C21H21ClFN5O2S. The average molecular weight is 462 g/mol. The van der Waals surface area contributed by atoms with Crippen LogP contribution in [0.2, 0.25) is 5.02 Å². The van der Waals surface area contributed by atoms with Crippen molar-refractivity contribution in [3.63, 3.8) is 0 Å². The van der Waals surface area contributed by atoms with Crippen LogP contribution in [0.1, 0.15) is 6.92 Å². The number of piperazine rings is 1. The molecule has 1 atom stereocenters. The molecule has 3 heterocycles. The quantitative estimate of drug-likeness (QED) is 0.550. The third-order valence-electron chi connectivity index (χ3n) is 5.12. The lowest BCUT2D eigenvalue weighted by Crippen LogP contribution is -2.52. The summed E-state index contributed by atoms with van der Waals surface area (Å²) in [5, 5.41) is 0.329. The van der Waals surface area contributed by atoms with Crippen LogP contribution < -0.4 is 9.80 Å². The summed E-state index contributed by atoms with van der Waals surface area (Å²) in [4.78, 5) is 17.1. The van der Waals surface area contributed by atoms with Crippen molar-refractivity contribution in [2.75, 3.05) is 35.7 Å². The summed E-state index contributed by atoms with van der Waals surface area (Å²) in [6, 6.07) is 11.1. The molecule has 0 radical (unpaired) electrons. The van der Waals surface area contributed by atoms with E-state index >= 15 is 0 Å². The third-order valence-corrected chi connectivity index (χ3v) is 6.26. The highest BCUT2D eigenvalue weighted by Crippen LogP contribution is 2.29. The van der Waals surface area contributed by atoms with Gasteiger partial charge in [0, 0.05) is 49.8 Å². The molecular weight excluding hydrogens is 441 g/mol. The van der Waals surface area contributed by atoms with Crippen LogP contribution in [0.25, 0.3) is 11.3 Å². The molecule has 1 fully saturated rings. The van der Waals surface area contributed by atoms with Crippen LogP contribution in [0.15, 0.2) is 53.8 Å². The number of pyridine rings is 1. The minimum atomic E-state index is -3.64. The normalized spacial score (nSPS) is 17.1. The number of aromatic nitrogens is 3. The van der Waals surface area contributed by atoms with Gasteiger partial charge in [-0.15, -0.1) is 0 Å². The predicted molar refractivity (Wildman–Crippen MR) is 119 cm³/mol. The first kappa shape index (κ1) is 21.5. The molecule has 1 unspecified atom stereocenters. The van der Waals surface area contributed by atoms with Crippen LogP contribution >= 0.6 is 11.6 Å². The number of nitrogens with zero attached hydrogens (tertiary/aromatic N) is 5. The molecule has 0 saturated carbocycles. The number of sulfone groups is 1. The molecule has 2 aromatic heterocycles. The number of hydrogen-bond acceptors (Lipinski definition) is 7. The van der Waals surface area contributed by atoms with E-state index in [0.717, 1.165) is 12.1 Å². The van der Waals surface area contributed by atoms with E-state index in [1.807, 2.05) is 11.8 Å². The first-order chi connectivity index (χ1) is 14.7. The standard InChI is InChI=1S/C21H21ClFN5O2S/c1-14-13-27(20-17(22)4-3-9-24-20)10-11-28(14)19-12-18(15-5-7-16(23)8-6-15)25-21(26-19)31(2,29)30/h3-9,12,14H,10-11,13H2,1-2H3. The Labute approximate surface area is 185 Å². The molecule has 10 heteroatoms. The molecule has 3 aromatic rings. The Morgan fingerprint density at radius 3 is 2.52 bits per heavy atom. The summed E-state index contributed by atoms with van der Waals surface area (Å²) < 4.78 is 37.8. The molecule has 4 rings (SSSR count). The highest BCUT2D eigenvalue weighted by molar-refractivity contribution is 7.90. The van der Waals surface area contributed by atoms with Crippen LogP contribution in [0.3, 0.4) is 0 Å². The fourth-order valence-electron chi connectivity index (χ4n) is 3.59. The fourth-order valence-corrected chi connectivity index (χ4v) is 4.36. The molecule has 1 aromatic carbocycles. The summed E-state index contributed by atoms with van der Waals surface area (Å²) in [6.45, 7) is 3.91. The number of benzene rings is 1. The summed E-state index contributed by atoms with van der Waals surface area (Å²) in [6.07, 6.45) is 2.78. The highest BCUT2D eigenvalue weighted by Gasteiger charge is 2.28. The molecule has 7 nitrogen and oxygen atoms in total. The zero-order valence-corrected chi connectivity index (χ0v) is 18.6. The van der Waals surface area contributed by atoms with E-state index in [0.29, 0.717) is 41.7 Å². The van der Waals surface area contributed by atoms with E-state index in [4.69, 9.17) is 11.6 Å². The van der Waals surface area contributed by atoms with Gasteiger partial charge in [-0.1, -0.05) is 11.6 Å². The van der Waals surface area contributed by atoms with E-state index in [-0.39, 0.29) is 17.0 Å². The molecule has 1 aliphatic rings. The Bertz CT molecular complexity index is 1210. The molecule has 31 heavy (non-hydrogen) atoms. The minimum Gasteiger partial charge on any atom is -0.352 e. The SMILES string of the molecule is CC1CN(c2ncccc2Cl)CCN1c1cc(-c2ccc(F)cc2)nc(S(C)(=O)=O)n1. The Kier molecular flexibility index (Phi) is 5.81. The van der Waals surface area contributed by atoms with Crippen molar-refractivity contribution in [1.82, 2.24) is 15.0 Å². The minimum absolute atomic E-state index is 0.00945. The van der Waals surface area contributed by atoms with Gasteiger partial charge in [0.25, 0.3) is 0 Å². The third kappa shape index (κ3) is 4.62. The zero-order chi connectivity index (χ0) is 22.2. The van der Waals surface area contributed by atoms with Crippen molar-refractivity contribution in [3.05, 3.63) is 59.5 Å². The molecule has 0 N–H and O–H groups in total. The molecule has 0 bridgehead atoms. The molecule has 0 aliphatic carbocycles. The lowest BCUT2D eigenvalue weighted by molar-refractivity contribution is 0.539. The second-order valence-electron chi connectivity index (χ2n) is 7.47. The Balaban J connectivity index is 1.68. The number of halogens is 2. The zero-order valence-electron chi connectivity index (χ0n) is 17.0. The summed E-state index contributed by atoms with van der Waals surface area (Å²) >= 11 is 6.30. The molecule has 1 saturated heterocycles. The van der Waals surface area contributed by atoms with E-state index < -0.39 is 9.84 Å². The maximum absolute atomic E-state index is 13.3. The van der Waals surface area contributed by atoms with Gasteiger partial charge in [0.1, 0.15) is 17.5 Å². The van der Waals surface area contributed by atoms with Crippen molar-refractivity contribution in [2.24, 2.45) is 0 Å². The number of hydrogen-bond donors (Lipinski definition) is 0. The smallest absolute Gasteiger partial charge is 0.249 e. The van der Waals surface area contributed by atoms with Crippen molar-refractivity contribution in [3.8, 4) is 11.3 Å². The van der Waals surface area contributed by atoms with Gasteiger partial charge in [-0.2, -0.15) is 0 Å². The Morgan fingerprint density at radius 2 is 1.87 bits per heavy atom. The van der Waals surface area contributed by atoms with E-state index in [1.54, 1.807) is 36.5 Å². The maximum atomic E-state index is 13.3. The Hall–Kier alpha value is -2.78. The fraction of sp³-hybridized carbons (Fsp3) is 0.286. The second-order valence-corrected chi connectivity index (χ2v) is 9.79. The predicted octanol–water partition coefficient (Wildman–Crippen LogP) is 3.45. The monoisotopic (exact) mass is 461 g/mol. The van der Waals surface area contributed by atoms with Gasteiger partial charge >= 0.3 is 0 Å². The lowest BCUT2D eigenvalue weighted by atomic mass is 10.1. The van der Waals surface area contributed by atoms with Gasteiger partial charge in [0.15, 0.2) is 0 Å². The van der Waals surface area contributed by atoms with Crippen molar-refractivity contribution < 1.29 is 12.8 Å². The lowest BCUT2D eigenvalue weighted by Gasteiger charge is -2.41. The van der Waals surface area contributed by atoms with Gasteiger partial charge < -0.3 is 9.80 Å². The van der Waals surface area contributed by atoms with Gasteiger partial charge in [-0.05, 0) is 43.3 Å². The van der Waals surface area contributed by atoms with Crippen molar-refractivity contribution in [2.45, 2.75) is 18.1 Å². The van der Waals surface area contributed by atoms with Crippen LogP contribution in [0.5, 0.6) is 0 Å². The van der Waals surface area contributed by atoms with Gasteiger partial charge in [-0.3, -0.25) is 0 Å². The van der Waals surface area contributed by atoms with Crippen molar-refractivity contribution in [1.29, 1.82) is 0 Å². The largest absolute Gasteiger partial charge is 0.352 e. The van der Waals surface area contributed by atoms with E-state index in [1.165, 1.54) is 12.1 Å². The molecule has 0 amide bonds. The summed E-state index contributed by atoms with van der Waals surface area (Å²) in [5.74, 6) is 0.857. The average Bonchev–Trinajstić information content (AvgIpc) is 2.73. The first-order valence-electron chi connectivity index (χ1n) is 9.69. The molecule has 0 spiro atoms. The maximum Gasteiger partial charge on any atom is 0.249 e. The molecule has 162 valence electrons. The van der Waals surface area contributed by atoms with Crippen LogP contribution in [0, 0.1) is 5.82 Å². The van der Waals surface area contributed by atoms with Crippen LogP contribution in [-0.2, 0) is 9.84 Å². The molecule has 1 aliphatic heterocycles. The summed E-state index contributed by atoms with van der Waals surface area (Å²) in [5.41, 5.74) is 1.04. The number of rotatable bonds is 4. The summed E-state index contributed by atoms with van der Waals surface area (Å²) in [7, 11) is -3.64. The van der Waals surface area contributed by atoms with Crippen LogP contribution in [-0.4, -0.2) is 55.3 Å². The van der Waals surface area contributed by atoms with Gasteiger partial charge in [0.2, 0.25) is 15.0 Å². The second kappa shape index (κ2) is 8.39. The van der Waals surface area contributed by atoms with Crippen LogP contribution in [0.4, 0.5) is 16.0 Å². The first-order valence-corrected chi connectivity index (χ1v) is 12.0. The highest BCUT2D eigenvalue weighted by atomic mass is 35.5. The van der Waals surface area contributed by atoms with Crippen molar-refractivity contribution >= 4 is 33.1 Å². The van der Waals surface area contributed by atoms with E-state index in [9.17, 15) is 12.8 Å².